The molecule has 7 nitrogen and oxygen atoms in total. The predicted octanol–water partition coefficient (Wildman–Crippen LogP) is 3.44. The van der Waals surface area contributed by atoms with Gasteiger partial charge in [-0.2, -0.15) is 5.10 Å². The van der Waals surface area contributed by atoms with E-state index in [9.17, 15) is 14.0 Å². The molecule has 0 aliphatic carbocycles. The highest BCUT2D eigenvalue weighted by atomic mass is 19.1. The van der Waals surface area contributed by atoms with Crippen LogP contribution >= 0.6 is 0 Å². The Hall–Kier alpha value is -4.33. The van der Waals surface area contributed by atoms with Gasteiger partial charge < -0.3 is 10.6 Å². The fraction of sp³-hybridized carbons (Fsp3) is 0.0435. The van der Waals surface area contributed by atoms with E-state index in [1.807, 2.05) is 36.4 Å². The molecule has 0 fully saturated rings. The van der Waals surface area contributed by atoms with Crippen molar-refractivity contribution in [2.75, 3.05) is 11.9 Å². The van der Waals surface area contributed by atoms with Gasteiger partial charge in [0.2, 0.25) is 5.91 Å². The zero-order chi connectivity index (χ0) is 21.6. The van der Waals surface area contributed by atoms with E-state index in [2.05, 4.69) is 20.7 Å². The maximum absolute atomic E-state index is 13.0. The van der Waals surface area contributed by atoms with Gasteiger partial charge >= 0.3 is 0 Å². The number of nitrogens with one attached hydrogen (secondary N) is 2. The molecule has 2 aromatic carbocycles. The van der Waals surface area contributed by atoms with E-state index < -0.39 is 17.6 Å². The topological polar surface area (TPSA) is 88.9 Å². The predicted molar refractivity (Wildman–Crippen MR) is 114 cm³/mol. The molecule has 0 spiro atoms. The fourth-order valence-corrected chi connectivity index (χ4v) is 2.96. The molecule has 0 saturated carbocycles. The monoisotopic (exact) mass is 415 g/mol. The number of anilines is 1. The molecule has 4 rings (SSSR count). The lowest BCUT2D eigenvalue weighted by atomic mass is 10.1. The van der Waals surface area contributed by atoms with Crippen molar-refractivity contribution in [3.63, 3.8) is 0 Å². The van der Waals surface area contributed by atoms with E-state index in [1.54, 1.807) is 29.3 Å². The van der Waals surface area contributed by atoms with Crippen LogP contribution in [0.3, 0.4) is 0 Å². The molecule has 0 bridgehead atoms. The molecule has 2 amide bonds. The Labute approximate surface area is 177 Å². The van der Waals surface area contributed by atoms with Crippen molar-refractivity contribution in [2.24, 2.45) is 0 Å². The lowest BCUT2D eigenvalue weighted by molar-refractivity contribution is -0.115. The third-order valence-electron chi connectivity index (χ3n) is 4.45. The van der Waals surface area contributed by atoms with Crippen LogP contribution in [0.5, 0.6) is 0 Å². The van der Waals surface area contributed by atoms with Crippen molar-refractivity contribution in [3.05, 3.63) is 96.7 Å². The summed E-state index contributed by atoms with van der Waals surface area (Å²) in [5.41, 5.74) is 2.67. The molecule has 0 aliphatic heterocycles. The summed E-state index contributed by atoms with van der Waals surface area (Å²) in [7, 11) is 0. The van der Waals surface area contributed by atoms with Gasteiger partial charge in [-0.05, 0) is 48.5 Å². The first-order valence-corrected chi connectivity index (χ1v) is 9.49. The van der Waals surface area contributed by atoms with E-state index in [4.69, 9.17) is 0 Å². The smallest absolute Gasteiger partial charge is 0.255 e. The van der Waals surface area contributed by atoms with Crippen LogP contribution in [0.15, 0.2) is 85.3 Å². The van der Waals surface area contributed by atoms with Crippen molar-refractivity contribution < 1.29 is 14.0 Å². The van der Waals surface area contributed by atoms with Crippen LogP contribution in [0.1, 0.15) is 10.4 Å². The number of nitrogens with zero attached hydrogens (tertiary/aromatic N) is 3. The Bertz CT molecular complexity index is 1190. The van der Waals surface area contributed by atoms with Gasteiger partial charge in [0.15, 0.2) is 0 Å². The van der Waals surface area contributed by atoms with Crippen LogP contribution in [0.25, 0.3) is 16.9 Å². The number of aromatic nitrogens is 3. The molecule has 0 atom stereocenters. The lowest BCUT2D eigenvalue weighted by Crippen LogP contribution is -2.33. The Morgan fingerprint density at radius 2 is 1.74 bits per heavy atom. The number of rotatable bonds is 6. The van der Waals surface area contributed by atoms with Crippen LogP contribution in [0.2, 0.25) is 0 Å². The van der Waals surface area contributed by atoms with Gasteiger partial charge in [-0.25, -0.2) is 9.07 Å². The van der Waals surface area contributed by atoms with E-state index in [-0.39, 0.29) is 6.54 Å². The number of amides is 2. The Morgan fingerprint density at radius 1 is 0.968 bits per heavy atom. The standard InChI is InChI=1S/C23H18FN5O2/c24-17-8-10-18(11-9-17)27-21(30)14-26-23(31)20-15-29(19-6-2-1-3-7-19)28-22(20)16-5-4-12-25-13-16/h1-13,15H,14H2,(H,26,31)(H,27,30). The van der Waals surface area contributed by atoms with Crippen molar-refractivity contribution in [1.29, 1.82) is 0 Å². The first kappa shape index (κ1) is 20.0. The first-order chi connectivity index (χ1) is 15.1. The number of benzene rings is 2. The van der Waals surface area contributed by atoms with E-state index in [1.165, 1.54) is 24.3 Å². The van der Waals surface area contributed by atoms with E-state index >= 15 is 0 Å². The molecule has 31 heavy (non-hydrogen) atoms. The molecule has 0 aliphatic rings. The number of carbonyl (C=O) groups excluding carboxylic acids is 2. The average molecular weight is 415 g/mol. The molecule has 0 unspecified atom stereocenters. The van der Waals surface area contributed by atoms with E-state index in [0.29, 0.717) is 22.5 Å². The summed E-state index contributed by atoms with van der Waals surface area (Å²) >= 11 is 0. The first-order valence-electron chi connectivity index (χ1n) is 9.49. The van der Waals surface area contributed by atoms with Crippen molar-refractivity contribution in [1.82, 2.24) is 20.1 Å². The third kappa shape index (κ3) is 4.81. The minimum Gasteiger partial charge on any atom is -0.343 e. The molecule has 0 saturated heterocycles. The fourth-order valence-electron chi connectivity index (χ4n) is 2.96. The summed E-state index contributed by atoms with van der Waals surface area (Å²) in [5, 5.41) is 9.76. The summed E-state index contributed by atoms with van der Waals surface area (Å²) in [6.07, 6.45) is 4.87. The molecule has 154 valence electrons. The zero-order valence-electron chi connectivity index (χ0n) is 16.3. The third-order valence-corrected chi connectivity index (χ3v) is 4.45. The SMILES string of the molecule is O=C(CNC(=O)c1cn(-c2ccccc2)nc1-c1cccnc1)Nc1ccc(F)cc1. The van der Waals surface area contributed by atoms with Crippen molar-refractivity contribution in [3.8, 4) is 16.9 Å². The molecule has 8 heteroatoms. The van der Waals surface area contributed by atoms with Gasteiger partial charge in [-0.3, -0.25) is 14.6 Å². The summed E-state index contributed by atoms with van der Waals surface area (Å²) in [5.74, 6) is -1.28. The van der Waals surface area contributed by atoms with Gasteiger partial charge in [0, 0.05) is 29.8 Å². The summed E-state index contributed by atoms with van der Waals surface area (Å²) in [4.78, 5) is 29.1. The van der Waals surface area contributed by atoms with Gasteiger partial charge in [-0.1, -0.05) is 18.2 Å². The second kappa shape index (κ2) is 9.00. The van der Waals surface area contributed by atoms with Gasteiger partial charge in [-0.15, -0.1) is 0 Å². The van der Waals surface area contributed by atoms with Crippen LogP contribution in [-0.4, -0.2) is 33.1 Å². The van der Waals surface area contributed by atoms with Gasteiger partial charge in [0.1, 0.15) is 11.5 Å². The van der Waals surface area contributed by atoms with Crippen LogP contribution < -0.4 is 10.6 Å². The summed E-state index contributed by atoms with van der Waals surface area (Å²) in [6, 6.07) is 18.3. The normalized spacial score (nSPS) is 10.5. The Morgan fingerprint density at radius 3 is 2.45 bits per heavy atom. The quantitative estimate of drug-likeness (QED) is 0.505. The highest BCUT2D eigenvalue weighted by Crippen LogP contribution is 2.23. The number of halogens is 1. The molecular formula is C23H18FN5O2. The summed E-state index contributed by atoms with van der Waals surface area (Å²) in [6.45, 7) is -0.251. The second-order valence-corrected chi connectivity index (χ2v) is 6.65. The minimum atomic E-state index is -0.449. The van der Waals surface area contributed by atoms with Crippen LogP contribution in [0.4, 0.5) is 10.1 Å². The van der Waals surface area contributed by atoms with Crippen molar-refractivity contribution in [2.45, 2.75) is 0 Å². The maximum atomic E-state index is 13.0. The molecule has 2 N–H and O–H groups in total. The molecular weight excluding hydrogens is 397 g/mol. The number of pyridine rings is 1. The zero-order valence-corrected chi connectivity index (χ0v) is 16.3. The molecule has 0 radical (unpaired) electrons. The van der Waals surface area contributed by atoms with Gasteiger partial charge in [0.25, 0.3) is 5.91 Å². The molecule has 2 heterocycles. The van der Waals surface area contributed by atoms with Crippen LogP contribution in [-0.2, 0) is 4.79 Å². The maximum Gasteiger partial charge on any atom is 0.255 e. The van der Waals surface area contributed by atoms with Crippen LogP contribution in [0, 0.1) is 5.82 Å². The van der Waals surface area contributed by atoms with E-state index in [0.717, 1.165) is 5.69 Å². The minimum absolute atomic E-state index is 0.251. The van der Waals surface area contributed by atoms with Crippen molar-refractivity contribution >= 4 is 17.5 Å². The average Bonchev–Trinajstić information content (AvgIpc) is 3.26. The molecule has 4 aromatic rings. The number of carbonyl (C=O) groups is 2. The largest absolute Gasteiger partial charge is 0.343 e. The Balaban J connectivity index is 1.53. The van der Waals surface area contributed by atoms with Gasteiger partial charge in [0.05, 0.1) is 17.8 Å². The lowest BCUT2D eigenvalue weighted by Gasteiger charge is -2.07. The highest BCUT2D eigenvalue weighted by molar-refractivity contribution is 6.02. The number of hydrogen-bond donors (Lipinski definition) is 2. The second-order valence-electron chi connectivity index (χ2n) is 6.65. The number of para-hydroxylation sites is 1. The molecule has 2 aromatic heterocycles. The number of hydrogen-bond acceptors (Lipinski definition) is 4. The Kier molecular flexibility index (Phi) is 5.79. The summed E-state index contributed by atoms with van der Waals surface area (Å²) < 4.78 is 14.6. The highest BCUT2D eigenvalue weighted by Gasteiger charge is 2.19.